The zero-order valence-corrected chi connectivity index (χ0v) is 17.9. The van der Waals surface area contributed by atoms with E-state index < -0.39 is 40.6 Å². The van der Waals surface area contributed by atoms with Gasteiger partial charge in [-0.25, -0.2) is 0 Å². The second-order valence-corrected chi connectivity index (χ2v) is 9.10. The van der Waals surface area contributed by atoms with Gasteiger partial charge in [0.25, 0.3) is 0 Å². The van der Waals surface area contributed by atoms with Crippen LogP contribution in [0.3, 0.4) is 0 Å². The van der Waals surface area contributed by atoms with Crippen LogP contribution in [0.5, 0.6) is 0 Å². The summed E-state index contributed by atoms with van der Waals surface area (Å²) in [5.74, 6) is -0.891. The van der Waals surface area contributed by atoms with Crippen LogP contribution < -0.4 is 16.4 Å². The van der Waals surface area contributed by atoms with Crippen molar-refractivity contribution in [2.75, 3.05) is 5.32 Å². The number of carbonyl (C=O) groups excluding carboxylic acids is 2. The zero-order valence-electron chi connectivity index (χ0n) is 17.9. The normalized spacial score (nSPS) is 23.2. The van der Waals surface area contributed by atoms with Gasteiger partial charge in [-0.2, -0.15) is 26.3 Å². The predicted molar refractivity (Wildman–Crippen MR) is 109 cm³/mol. The third-order valence-electron chi connectivity index (χ3n) is 6.48. The van der Waals surface area contributed by atoms with Crippen LogP contribution in [0.25, 0.3) is 0 Å². The fraction of sp³-hybridized carbons (Fsp3) is 0.636. The number of benzene rings is 1. The summed E-state index contributed by atoms with van der Waals surface area (Å²) in [7, 11) is 0. The molecule has 4 N–H and O–H groups in total. The van der Waals surface area contributed by atoms with Crippen molar-refractivity contribution in [3.05, 3.63) is 29.3 Å². The quantitative estimate of drug-likeness (QED) is 0.520. The molecule has 0 aromatic heterocycles. The van der Waals surface area contributed by atoms with Crippen LogP contribution in [0.4, 0.5) is 32.0 Å². The number of hydrogen-bond donors (Lipinski definition) is 3. The Labute approximate surface area is 187 Å². The van der Waals surface area contributed by atoms with Gasteiger partial charge in [0.2, 0.25) is 11.8 Å². The molecule has 0 unspecified atom stereocenters. The highest BCUT2D eigenvalue weighted by Gasteiger charge is 2.39. The Balaban J connectivity index is 1.54. The van der Waals surface area contributed by atoms with Gasteiger partial charge in [0.1, 0.15) is 0 Å². The fourth-order valence-corrected chi connectivity index (χ4v) is 4.57. The van der Waals surface area contributed by atoms with Crippen molar-refractivity contribution in [2.24, 2.45) is 11.7 Å². The van der Waals surface area contributed by atoms with Gasteiger partial charge in [0.05, 0.1) is 16.7 Å². The Morgan fingerprint density at radius 2 is 1.42 bits per heavy atom. The molecule has 2 aliphatic rings. The maximum atomic E-state index is 13.0. The van der Waals surface area contributed by atoms with Crippen LogP contribution in [0.1, 0.15) is 68.9 Å². The lowest BCUT2D eigenvalue weighted by Gasteiger charge is -2.32. The van der Waals surface area contributed by atoms with Crippen molar-refractivity contribution >= 4 is 17.5 Å². The summed E-state index contributed by atoms with van der Waals surface area (Å²) in [6.45, 7) is 0. The average molecular weight is 479 g/mol. The lowest BCUT2D eigenvalue weighted by atomic mass is 9.83. The monoisotopic (exact) mass is 479 g/mol. The third-order valence-corrected chi connectivity index (χ3v) is 6.48. The van der Waals surface area contributed by atoms with E-state index in [0.29, 0.717) is 50.7 Å². The van der Waals surface area contributed by atoms with Gasteiger partial charge in [-0.1, -0.05) is 12.8 Å². The molecule has 0 atom stereocenters. The van der Waals surface area contributed by atoms with E-state index in [9.17, 15) is 35.9 Å². The predicted octanol–water partition coefficient (Wildman–Crippen LogP) is 5.00. The van der Waals surface area contributed by atoms with Gasteiger partial charge in [0, 0.05) is 18.2 Å². The summed E-state index contributed by atoms with van der Waals surface area (Å²) in [6, 6.07) is 0.939. The van der Waals surface area contributed by atoms with Crippen LogP contribution in [0.15, 0.2) is 18.2 Å². The highest BCUT2D eigenvalue weighted by molar-refractivity contribution is 5.91. The van der Waals surface area contributed by atoms with Crippen LogP contribution in [0, 0.1) is 5.92 Å². The molecule has 5 nitrogen and oxygen atoms in total. The largest absolute Gasteiger partial charge is 0.416 e. The van der Waals surface area contributed by atoms with Crippen molar-refractivity contribution in [3.8, 4) is 0 Å². The number of carbonyl (C=O) groups is 2. The standard InChI is InChI=1S/C22H27F6N3O2/c23-21(24,25)14-10-15(22(26,27)28)12-17(11-14)30-18(32)9-13-3-5-16(6-4-13)31-19(33)20(29)7-1-2-8-20/h10-13,16H,1-9,29H2,(H,30,32)(H,31,33). The average Bonchev–Trinajstić information content (AvgIpc) is 3.16. The summed E-state index contributed by atoms with van der Waals surface area (Å²) in [6.07, 6.45) is -4.39. The molecule has 0 heterocycles. The molecule has 1 aromatic carbocycles. The maximum Gasteiger partial charge on any atom is 0.416 e. The number of alkyl halides is 6. The smallest absolute Gasteiger partial charge is 0.352 e. The Hall–Kier alpha value is -2.30. The molecule has 11 heteroatoms. The first-order valence-electron chi connectivity index (χ1n) is 11.0. The molecular weight excluding hydrogens is 452 g/mol. The Kier molecular flexibility index (Phi) is 7.30. The second kappa shape index (κ2) is 9.52. The van der Waals surface area contributed by atoms with Crippen molar-refractivity contribution < 1.29 is 35.9 Å². The lowest BCUT2D eigenvalue weighted by molar-refractivity contribution is -0.143. The Bertz CT molecular complexity index is 838. The molecule has 3 rings (SSSR count). The number of hydrogen-bond acceptors (Lipinski definition) is 3. The van der Waals surface area contributed by atoms with Crippen LogP contribution in [-0.4, -0.2) is 23.4 Å². The van der Waals surface area contributed by atoms with Gasteiger partial charge >= 0.3 is 12.4 Å². The second-order valence-electron chi connectivity index (χ2n) is 9.10. The van der Waals surface area contributed by atoms with Gasteiger partial charge in [-0.15, -0.1) is 0 Å². The summed E-state index contributed by atoms with van der Waals surface area (Å²) >= 11 is 0. The SMILES string of the molecule is NC1(C(=O)NC2CCC(CC(=O)Nc3cc(C(F)(F)F)cc(C(F)(F)F)c3)CC2)CCCC1. The molecule has 2 aliphatic carbocycles. The van der Waals surface area contributed by atoms with Gasteiger partial charge < -0.3 is 16.4 Å². The molecule has 0 spiro atoms. The van der Waals surface area contributed by atoms with Gasteiger partial charge in [0.15, 0.2) is 0 Å². The van der Waals surface area contributed by atoms with Gasteiger partial charge in [-0.05, 0) is 62.6 Å². The highest BCUT2D eigenvalue weighted by atomic mass is 19.4. The van der Waals surface area contributed by atoms with Crippen molar-refractivity contribution in [1.82, 2.24) is 5.32 Å². The number of anilines is 1. The molecule has 0 radical (unpaired) electrons. The van der Waals surface area contributed by atoms with E-state index in [1.807, 2.05) is 0 Å². The van der Waals surface area contributed by atoms with Crippen molar-refractivity contribution in [1.29, 1.82) is 0 Å². The molecular formula is C22H27F6N3O2. The minimum absolute atomic E-state index is 0.0161. The number of rotatable bonds is 5. The Morgan fingerprint density at radius 1 is 0.909 bits per heavy atom. The summed E-state index contributed by atoms with van der Waals surface area (Å²) in [4.78, 5) is 24.8. The molecule has 1 aromatic rings. The topological polar surface area (TPSA) is 84.2 Å². The van der Waals surface area contributed by atoms with Crippen LogP contribution >= 0.6 is 0 Å². The number of nitrogens with two attached hydrogens (primary N) is 1. The number of amides is 2. The summed E-state index contributed by atoms with van der Waals surface area (Å²) in [5.41, 5.74) is 1.82. The molecule has 2 saturated carbocycles. The lowest BCUT2D eigenvalue weighted by Crippen LogP contribution is -2.54. The highest BCUT2D eigenvalue weighted by Crippen LogP contribution is 2.38. The van der Waals surface area contributed by atoms with Crippen LogP contribution in [0.2, 0.25) is 0 Å². The summed E-state index contributed by atoms with van der Waals surface area (Å²) < 4.78 is 77.9. The third kappa shape index (κ3) is 6.61. The first-order chi connectivity index (χ1) is 15.3. The van der Waals surface area contributed by atoms with E-state index in [1.165, 1.54) is 0 Å². The number of halogens is 6. The van der Waals surface area contributed by atoms with E-state index in [0.717, 1.165) is 12.8 Å². The molecule has 184 valence electrons. The first kappa shape index (κ1) is 25.3. The van der Waals surface area contributed by atoms with E-state index in [4.69, 9.17) is 5.73 Å². The summed E-state index contributed by atoms with van der Waals surface area (Å²) in [5, 5.41) is 5.15. The fourth-order valence-electron chi connectivity index (χ4n) is 4.57. The molecule has 2 amide bonds. The van der Waals surface area contributed by atoms with E-state index in [2.05, 4.69) is 10.6 Å². The minimum Gasteiger partial charge on any atom is -0.352 e. The Morgan fingerprint density at radius 3 is 1.91 bits per heavy atom. The molecule has 33 heavy (non-hydrogen) atoms. The molecule has 2 fully saturated rings. The van der Waals surface area contributed by atoms with E-state index in [1.54, 1.807) is 0 Å². The molecule has 0 aliphatic heterocycles. The molecule has 0 saturated heterocycles. The first-order valence-corrected chi connectivity index (χ1v) is 11.0. The van der Waals surface area contributed by atoms with Crippen LogP contribution in [-0.2, 0) is 21.9 Å². The minimum atomic E-state index is -4.98. The van der Waals surface area contributed by atoms with E-state index in [-0.39, 0.29) is 30.4 Å². The van der Waals surface area contributed by atoms with Gasteiger partial charge in [-0.3, -0.25) is 9.59 Å². The zero-order chi connectivity index (χ0) is 24.4. The van der Waals surface area contributed by atoms with E-state index >= 15 is 0 Å². The van der Waals surface area contributed by atoms with Crippen molar-refractivity contribution in [2.45, 2.75) is 81.7 Å². The van der Waals surface area contributed by atoms with Crippen molar-refractivity contribution in [3.63, 3.8) is 0 Å². The number of nitrogens with one attached hydrogen (secondary N) is 2. The maximum absolute atomic E-state index is 13.0. The molecule has 0 bridgehead atoms.